The number of rotatable bonds is 7. The lowest BCUT2D eigenvalue weighted by molar-refractivity contribution is 0.146. The number of aliphatic hydroxyl groups excluding tert-OH is 1. The van der Waals surface area contributed by atoms with E-state index in [0.29, 0.717) is 11.3 Å². The molecule has 144 valence electrons. The molecule has 7 heteroatoms. The first-order valence-electron chi connectivity index (χ1n) is 9.51. The molecule has 2 aromatic rings. The zero-order chi connectivity index (χ0) is 18.7. The van der Waals surface area contributed by atoms with Gasteiger partial charge in [-0.25, -0.2) is 4.98 Å². The van der Waals surface area contributed by atoms with Gasteiger partial charge < -0.3 is 15.0 Å². The van der Waals surface area contributed by atoms with Crippen molar-refractivity contribution in [1.29, 1.82) is 0 Å². The molecule has 1 aromatic carbocycles. The second kappa shape index (κ2) is 8.83. The molecule has 2 N–H and O–H groups in total. The second-order valence-corrected chi connectivity index (χ2v) is 8.67. The number of hydrogen-bond acceptors (Lipinski definition) is 5. The molecule has 3 rings (SSSR count). The van der Waals surface area contributed by atoms with Crippen LogP contribution in [0, 0.1) is 0 Å². The van der Waals surface area contributed by atoms with Gasteiger partial charge in [0.05, 0.1) is 28.4 Å². The number of fused-ring (bicyclic) bond motifs is 1. The van der Waals surface area contributed by atoms with Crippen molar-refractivity contribution < 1.29 is 5.11 Å². The van der Waals surface area contributed by atoms with Crippen LogP contribution in [0.3, 0.4) is 0 Å². The Morgan fingerprint density at radius 3 is 2.77 bits per heavy atom. The molecule has 1 unspecified atom stereocenters. The average Bonchev–Trinajstić information content (AvgIpc) is 3.02. The number of H-pyrrole nitrogens is 1. The highest BCUT2D eigenvalue weighted by molar-refractivity contribution is 7.99. The van der Waals surface area contributed by atoms with Gasteiger partial charge in [-0.05, 0) is 31.9 Å². The third-order valence-corrected chi connectivity index (χ3v) is 6.93. The summed E-state index contributed by atoms with van der Waals surface area (Å²) in [5.74, 6) is 0. The minimum Gasteiger partial charge on any atom is -0.395 e. The van der Waals surface area contributed by atoms with Crippen LogP contribution in [-0.2, 0) is 0 Å². The van der Waals surface area contributed by atoms with Crippen LogP contribution in [0.5, 0.6) is 0 Å². The fourth-order valence-electron chi connectivity index (χ4n) is 3.58. The number of halogens is 1. The highest BCUT2D eigenvalue weighted by Gasteiger charge is 2.25. The van der Waals surface area contributed by atoms with Gasteiger partial charge in [-0.15, -0.1) is 0 Å². The number of aromatic nitrogens is 2. The molecule has 0 amide bonds. The summed E-state index contributed by atoms with van der Waals surface area (Å²) in [6.45, 7) is 10.3. The smallest absolute Gasteiger partial charge is 0.166 e. The fourth-order valence-corrected chi connectivity index (χ4v) is 4.83. The van der Waals surface area contributed by atoms with Crippen molar-refractivity contribution in [2.24, 2.45) is 0 Å². The van der Waals surface area contributed by atoms with Gasteiger partial charge in [0.15, 0.2) is 5.16 Å². The van der Waals surface area contributed by atoms with Crippen LogP contribution in [0.4, 0.5) is 5.69 Å². The Kier molecular flexibility index (Phi) is 6.72. The van der Waals surface area contributed by atoms with Gasteiger partial charge in [-0.2, -0.15) is 0 Å². The molecule has 0 bridgehead atoms. The topological polar surface area (TPSA) is 55.4 Å². The van der Waals surface area contributed by atoms with Crippen molar-refractivity contribution >= 4 is 40.1 Å². The fraction of sp³-hybridized carbons (Fsp3) is 0.632. The molecule has 0 aliphatic carbocycles. The van der Waals surface area contributed by atoms with Crippen LogP contribution in [0.1, 0.15) is 33.6 Å². The van der Waals surface area contributed by atoms with E-state index in [1.165, 1.54) is 0 Å². The van der Waals surface area contributed by atoms with Crippen LogP contribution in [0.25, 0.3) is 11.0 Å². The number of piperazine rings is 1. The lowest BCUT2D eigenvalue weighted by atomic mass is 10.1. The van der Waals surface area contributed by atoms with E-state index in [1.807, 2.05) is 17.8 Å². The zero-order valence-electron chi connectivity index (χ0n) is 15.8. The van der Waals surface area contributed by atoms with Gasteiger partial charge >= 0.3 is 0 Å². The number of aromatic amines is 1. The van der Waals surface area contributed by atoms with Gasteiger partial charge in [0.1, 0.15) is 0 Å². The van der Waals surface area contributed by atoms with E-state index >= 15 is 0 Å². The number of nitrogens with one attached hydrogen (secondary N) is 1. The SMILES string of the molecule is CCC(CC)Sc1nc2cc(N3CCN(CCO)C(C)C3)c(Cl)cc2[nH]1. The van der Waals surface area contributed by atoms with Crippen LogP contribution in [-0.4, -0.2) is 64.1 Å². The van der Waals surface area contributed by atoms with E-state index in [4.69, 9.17) is 16.6 Å². The Bertz CT molecular complexity index is 734. The quantitative estimate of drug-likeness (QED) is 0.693. The number of aliphatic hydroxyl groups is 1. The summed E-state index contributed by atoms with van der Waals surface area (Å²) >= 11 is 8.42. The third-order valence-electron chi connectivity index (χ3n) is 5.21. The Labute approximate surface area is 165 Å². The Balaban J connectivity index is 1.80. The maximum absolute atomic E-state index is 9.19. The van der Waals surface area contributed by atoms with E-state index in [-0.39, 0.29) is 6.61 Å². The molecular weight excluding hydrogens is 368 g/mol. The minimum atomic E-state index is 0.210. The zero-order valence-corrected chi connectivity index (χ0v) is 17.4. The number of β-amino-alcohol motifs (C(OH)–C–C–N with tert-alkyl or cyclic N) is 1. The molecule has 2 heterocycles. The first-order valence-corrected chi connectivity index (χ1v) is 10.8. The Hall–Kier alpha value is -0.950. The summed E-state index contributed by atoms with van der Waals surface area (Å²) in [5.41, 5.74) is 3.03. The number of anilines is 1. The molecular formula is C19H29ClN4OS. The van der Waals surface area contributed by atoms with Crippen LogP contribution >= 0.6 is 23.4 Å². The molecule has 0 radical (unpaired) electrons. The highest BCUT2D eigenvalue weighted by Crippen LogP contribution is 2.34. The number of imidazole rings is 1. The van der Waals surface area contributed by atoms with Gasteiger partial charge in [0, 0.05) is 37.5 Å². The summed E-state index contributed by atoms with van der Waals surface area (Å²) < 4.78 is 0. The monoisotopic (exact) mass is 396 g/mol. The maximum Gasteiger partial charge on any atom is 0.166 e. The van der Waals surface area contributed by atoms with E-state index in [1.54, 1.807) is 0 Å². The van der Waals surface area contributed by atoms with Crippen LogP contribution in [0.2, 0.25) is 5.02 Å². The molecule has 5 nitrogen and oxygen atoms in total. The molecule has 1 fully saturated rings. The minimum absolute atomic E-state index is 0.210. The largest absolute Gasteiger partial charge is 0.395 e. The van der Waals surface area contributed by atoms with Gasteiger partial charge in [0.25, 0.3) is 0 Å². The lowest BCUT2D eigenvalue weighted by Gasteiger charge is -2.41. The van der Waals surface area contributed by atoms with E-state index in [9.17, 15) is 5.11 Å². The first kappa shape index (κ1) is 19.8. The summed E-state index contributed by atoms with van der Waals surface area (Å²) in [5, 5.41) is 11.5. The van der Waals surface area contributed by atoms with Crippen LogP contribution in [0.15, 0.2) is 17.3 Å². The van der Waals surface area contributed by atoms with E-state index in [2.05, 4.69) is 41.6 Å². The maximum atomic E-state index is 9.19. The van der Waals surface area contributed by atoms with Crippen molar-refractivity contribution in [2.75, 3.05) is 37.7 Å². The normalized spacial score (nSPS) is 19.0. The first-order chi connectivity index (χ1) is 12.5. The standard InChI is InChI=1S/C19H29ClN4OS/c1-4-14(5-2)26-19-21-16-10-15(20)18(11-17(16)22-19)24-7-6-23(8-9-25)13(3)12-24/h10-11,13-14,25H,4-9,12H2,1-3H3,(H,21,22). The molecule has 1 aliphatic heterocycles. The number of thioether (sulfide) groups is 1. The van der Waals surface area contributed by atoms with Crippen molar-refractivity contribution in [3.63, 3.8) is 0 Å². The summed E-state index contributed by atoms with van der Waals surface area (Å²) in [6, 6.07) is 4.50. The van der Waals surface area contributed by atoms with Crippen molar-refractivity contribution in [3.8, 4) is 0 Å². The Morgan fingerprint density at radius 1 is 1.35 bits per heavy atom. The van der Waals surface area contributed by atoms with Crippen molar-refractivity contribution in [3.05, 3.63) is 17.2 Å². The summed E-state index contributed by atoms with van der Waals surface area (Å²) in [7, 11) is 0. The number of benzene rings is 1. The third kappa shape index (κ3) is 4.30. The number of nitrogens with zero attached hydrogens (tertiary/aromatic N) is 3. The predicted molar refractivity (Wildman–Crippen MR) is 112 cm³/mol. The number of hydrogen-bond donors (Lipinski definition) is 2. The second-order valence-electron chi connectivity index (χ2n) is 6.97. The van der Waals surface area contributed by atoms with Gasteiger partial charge in [0.2, 0.25) is 0 Å². The van der Waals surface area contributed by atoms with Gasteiger partial charge in [-0.3, -0.25) is 4.90 Å². The van der Waals surface area contributed by atoms with Gasteiger partial charge in [-0.1, -0.05) is 37.2 Å². The summed E-state index contributed by atoms with van der Waals surface area (Å²) in [6.07, 6.45) is 2.28. The molecule has 1 saturated heterocycles. The molecule has 1 aliphatic rings. The molecule has 0 saturated carbocycles. The average molecular weight is 397 g/mol. The van der Waals surface area contributed by atoms with E-state index in [0.717, 1.165) is 65.9 Å². The van der Waals surface area contributed by atoms with Crippen molar-refractivity contribution in [2.45, 2.75) is 50.1 Å². The summed E-state index contributed by atoms with van der Waals surface area (Å²) in [4.78, 5) is 12.9. The highest BCUT2D eigenvalue weighted by atomic mass is 35.5. The molecule has 0 spiro atoms. The van der Waals surface area contributed by atoms with Crippen molar-refractivity contribution in [1.82, 2.24) is 14.9 Å². The Morgan fingerprint density at radius 2 is 2.12 bits per heavy atom. The van der Waals surface area contributed by atoms with Crippen LogP contribution < -0.4 is 4.90 Å². The lowest BCUT2D eigenvalue weighted by Crippen LogP contribution is -2.52. The molecule has 26 heavy (non-hydrogen) atoms. The molecule has 1 atom stereocenters. The van der Waals surface area contributed by atoms with E-state index < -0.39 is 0 Å². The molecule has 1 aromatic heterocycles. The predicted octanol–water partition coefficient (Wildman–Crippen LogP) is 4.00.